The summed E-state index contributed by atoms with van der Waals surface area (Å²) in [6.07, 6.45) is 1.67. The van der Waals surface area contributed by atoms with Gasteiger partial charge in [-0.25, -0.2) is 4.57 Å². The van der Waals surface area contributed by atoms with Crippen molar-refractivity contribution >= 4 is 11.6 Å². The monoisotopic (exact) mass is 417 g/mol. The maximum Gasteiger partial charge on any atom is 0.188 e. The average Bonchev–Trinajstić information content (AvgIpc) is 2.49. The van der Waals surface area contributed by atoms with Gasteiger partial charge in [0.05, 0.1) is 19.1 Å². The molecule has 1 saturated heterocycles. The quantitative estimate of drug-likeness (QED) is 0.507. The summed E-state index contributed by atoms with van der Waals surface area (Å²) in [6.45, 7) is 1.27. The smallest absolute Gasteiger partial charge is 0.188 e. The van der Waals surface area contributed by atoms with Crippen LogP contribution in [0.25, 0.3) is 0 Å². The molecule has 1 aliphatic heterocycles. The van der Waals surface area contributed by atoms with Crippen molar-refractivity contribution < 1.29 is 38.0 Å². The van der Waals surface area contributed by atoms with Gasteiger partial charge in [-0.2, -0.15) is 0 Å². The van der Waals surface area contributed by atoms with Crippen molar-refractivity contribution in [2.24, 2.45) is 7.05 Å². The molecule has 3 rings (SSSR count). The fourth-order valence-corrected chi connectivity index (χ4v) is 2.71. The van der Waals surface area contributed by atoms with Gasteiger partial charge in [0.15, 0.2) is 18.2 Å². The lowest BCUT2D eigenvalue weighted by molar-refractivity contribution is -0.681. The van der Waals surface area contributed by atoms with Crippen molar-refractivity contribution in [2.45, 2.75) is 12.2 Å². The lowest BCUT2D eigenvalue weighted by atomic mass is 10.1. The standard InChI is InChI=1S/C16H17ClNO2.HI/c1-18-9-5-4-8-15(18)12-10-19-16(20-11-12)13-6-2-3-7-14(13)17;/h2-9,12,16H,10-11H2,1H3;1H/q+1;/p-1. The molecule has 5 heteroatoms. The molecule has 1 aromatic heterocycles. The van der Waals surface area contributed by atoms with E-state index in [1.807, 2.05) is 49.6 Å². The summed E-state index contributed by atoms with van der Waals surface area (Å²) >= 11 is 6.17. The van der Waals surface area contributed by atoms with Gasteiger partial charge in [-0.1, -0.05) is 35.9 Å². The van der Waals surface area contributed by atoms with E-state index in [1.165, 1.54) is 5.69 Å². The van der Waals surface area contributed by atoms with Gasteiger partial charge < -0.3 is 33.5 Å². The summed E-state index contributed by atoms with van der Waals surface area (Å²) in [5, 5.41) is 0.682. The first kappa shape index (κ1) is 16.7. The van der Waals surface area contributed by atoms with Crippen LogP contribution < -0.4 is 28.5 Å². The Bertz CT molecular complexity index is 547. The Morgan fingerprint density at radius 2 is 1.71 bits per heavy atom. The van der Waals surface area contributed by atoms with Gasteiger partial charge in [0.1, 0.15) is 7.05 Å². The van der Waals surface area contributed by atoms with Crippen LogP contribution in [0.3, 0.4) is 0 Å². The minimum atomic E-state index is -0.367. The Hall–Kier alpha value is -0.690. The van der Waals surface area contributed by atoms with Crippen LogP contribution in [0.1, 0.15) is 23.5 Å². The fourth-order valence-electron chi connectivity index (χ4n) is 2.48. The second-order valence-electron chi connectivity index (χ2n) is 4.95. The van der Waals surface area contributed by atoms with Crippen LogP contribution in [0.2, 0.25) is 5.02 Å². The van der Waals surface area contributed by atoms with Crippen LogP contribution in [-0.2, 0) is 16.5 Å². The third-order valence-electron chi connectivity index (χ3n) is 3.57. The minimum absolute atomic E-state index is 0. The number of nitrogens with zero attached hydrogens (tertiary/aromatic N) is 1. The van der Waals surface area contributed by atoms with E-state index < -0.39 is 0 Å². The van der Waals surface area contributed by atoms with Crippen molar-refractivity contribution in [1.29, 1.82) is 0 Å². The van der Waals surface area contributed by atoms with E-state index in [-0.39, 0.29) is 36.2 Å². The van der Waals surface area contributed by atoms with E-state index in [0.717, 1.165) is 5.56 Å². The molecule has 0 amide bonds. The first-order chi connectivity index (χ1) is 9.75. The molecular weight excluding hydrogens is 401 g/mol. The largest absolute Gasteiger partial charge is 1.00 e. The van der Waals surface area contributed by atoms with Crippen molar-refractivity contribution in [1.82, 2.24) is 0 Å². The molecule has 1 aliphatic rings. The topological polar surface area (TPSA) is 22.3 Å². The number of aromatic nitrogens is 1. The Morgan fingerprint density at radius 3 is 2.38 bits per heavy atom. The highest BCUT2D eigenvalue weighted by Gasteiger charge is 2.29. The number of hydrogen-bond donors (Lipinski definition) is 0. The number of ether oxygens (including phenoxy) is 2. The third-order valence-corrected chi connectivity index (χ3v) is 3.91. The van der Waals surface area contributed by atoms with E-state index >= 15 is 0 Å². The Kier molecular flexibility index (Phi) is 5.98. The van der Waals surface area contributed by atoms with E-state index in [2.05, 4.69) is 10.6 Å². The fraction of sp³-hybridized carbons (Fsp3) is 0.312. The van der Waals surface area contributed by atoms with Crippen LogP contribution in [0.5, 0.6) is 0 Å². The first-order valence-electron chi connectivity index (χ1n) is 6.68. The van der Waals surface area contributed by atoms with Crippen LogP contribution in [0, 0.1) is 0 Å². The maximum absolute atomic E-state index is 6.17. The molecule has 0 bridgehead atoms. The molecule has 1 aromatic carbocycles. The van der Waals surface area contributed by atoms with Gasteiger partial charge in [0.2, 0.25) is 0 Å². The lowest BCUT2D eigenvalue weighted by Crippen LogP contribution is -3.00. The molecular formula is C16H17ClINO2. The number of hydrogen-bond acceptors (Lipinski definition) is 2. The molecule has 2 heterocycles. The normalized spacial score (nSPS) is 21.6. The second-order valence-corrected chi connectivity index (χ2v) is 5.36. The maximum atomic E-state index is 6.17. The zero-order valence-electron chi connectivity index (χ0n) is 11.7. The second kappa shape index (κ2) is 7.54. The molecule has 0 N–H and O–H groups in total. The number of pyridine rings is 1. The van der Waals surface area contributed by atoms with Gasteiger partial charge in [0.25, 0.3) is 0 Å². The highest BCUT2D eigenvalue weighted by atomic mass is 127. The summed E-state index contributed by atoms with van der Waals surface area (Å²) in [5.41, 5.74) is 2.11. The minimum Gasteiger partial charge on any atom is -1.00 e. The third kappa shape index (κ3) is 3.74. The summed E-state index contributed by atoms with van der Waals surface area (Å²) in [7, 11) is 2.04. The van der Waals surface area contributed by atoms with Gasteiger partial charge in [0, 0.05) is 22.7 Å². The molecule has 0 saturated carbocycles. The van der Waals surface area contributed by atoms with Crippen LogP contribution in [0.4, 0.5) is 0 Å². The zero-order valence-corrected chi connectivity index (χ0v) is 14.6. The van der Waals surface area contributed by atoms with Crippen LogP contribution in [-0.4, -0.2) is 13.2 Å². The molecule has 112 valence electrons. The number of benzene rings is 1. The predicted molar refractivity (Wildman–Crippen MR) is 76.5 cm³/mol. The van der Waals surface area contributed by atoms with Crippen LogP contribution >= 0.6 is 11.6 Å². The van der Waals surface area contributed by atoms with E-state index in [9.17, 15) is 0 Å². The van der Waals surface area contributed by atoms with Crippen molar-refractivity contribution in [3.63, 3.8) is 0 Å². The van der Waals surface area contributed by atoms with Crippen molar-refractivity contribution in [3.8, 4) is 0 Å². The number of rotatable bonds is 2. The van der Waals surface area contributed by atoms with Gasteiger partial charge >= 0.3 is 0 Å². The highest BCUT2D eigenvalue weighted by Crippen LogP contribution is 2.32. The molecule has 1 fully saturated rings. The van der Waals surface area contributed by atoms with Crippen LogP contribution in [0.15, 0.2) is 48.7 Å². The van der Waals surface area contributed by atoms with Crippen molar-refractivity contribution in [2.75, 3.05) is 13.2 Å². The van der Waals surface area contributed by atoms with Gasteiger partial charge in [-0.15, -0.1) is 0 Å². The molecule has 21 heavy (non-hydrogen) atoms. The molecule has 0 atom stereocenters. The SMILES string of the molecule is C[n+]1ccccc1C1COC(c2ccccc2Cl)OC1.[I-]. The van der Waals surface area contributed by atoms with E-state index in [4.69, 9.17) is 21.1 Å². The Balaban J connectivity index is 0.00000161. The average molecular weight is 418 g/mol. The Labute approximate surface area is 146 Å². The lowest BCUT2D eigenvalue weighted by Gasteiger charge is -2.28. The molecule has 0 radical (unpaired) electrons. The molecule has 2 aromatic rings. The van der Waals surface area contributed by atoms with Gasteiger partial charge in [-0.05, 0) is 6.07 Å². The first-order valence-corrected chi connectivity index (χ1v) is 7.05. The molecule has 3 nitrogen and oxygen atoms in total. The molecule has 0 spiro atoms. The molecule has 0 aliphatic carbocycles. The highest BCUT2D eigenvalue weighted by molar-refractivity contribution is 6.31. The van der Waals surface area contributed by atoms with E-state index in [0.29, 0.717) is 18.2 Å². The summed E-state index contributed by atoms with van der Waals surface area (Å²) in [6, 6.07) is 13.8. The van der Waals surface area contributed by atoms with Gasteiger partial charge in [-0.3, -0.25) is 0 Å². The van der Waals surface area contributed by atoms with Crippen molar-refractivity contribution in [3.05, 3.63) is 64.9 Å². The number of halogens is 2. The zero-order chi connectivity index (χ0) is 13.9. The van der Waals surface area contributed by atoms with E-state index in [1.54, 1.807) is 0 Å². The summed E-state index contributed by atoms with van der Waals surface area (Å²) in [4.78, 5) is 0. The number of aryl methyl sites for hydroxylation is 1. The summed E-state index contributed by atoms with van der Waals surface area (Å²) < 4.78 is 13.8. The Morgan fingerprint density at radius 1 is 1.05 bits per heavy atom. The summed E-state index contributed by atoms with van der Waals surface area (Å²) in [5.74, 6) is 0.250. The molecule has 0 unspecified atom stereocenters. The predicted octanol–water partition coefficient (Wildman–Crippen LogP) is -0.00230.